The predicted octanol–water partition coefficient (Wildman–Crippen LogP) is 4.92. The number of nitrogens with zero attached hydrogens (tertiary/aromatic N) is 6. The van der Waals surface area contributed by atoms with E-state index in [1.54, 1.807) is 24.0 Å². The summed E-state index contributed by atoms with van der Waals surface area (Å²) in [4.78, 5) is 25.1. The third-order valence-corrected chi connectivity index (χ3v) is 5.81. The van der Waals surface area contributed by atoms with Gasteiger partial charge in [0.1, 0.15) is 0 Å². The van der Waals surface area contributed by atoms with Crippen molar-refractivity contribution in [2.45, 2.75) is 43.5 Å². The minimum atomic E-state index is -0.645. The molecule has 11 heteroatoms. The van der Waals surface area contributed by atoms with Gasteiger partial charge < -0.3 is 4.57 Å². The quantitative estimate of drug-likeness (QED) is 0.143. The van der Waals surface area contributed by atoms with Crippen molar-refractivity contribution in [2.24, 2.45) is 7.05 Å². The number of hydrogen-bond donors (Lipinski definition) is 0. The molecule has 0 radical (unpaired) electrons. The maximum atomic E-state index is 11.1. The van der Waals surface area contributed by atoms with Crippen LogP contribution in [0.1, 0.15) is 43.7 Å². The maximum absolute atomic E-state index is 11.1. The first-order valence-corrected chi connectivity index (χ1v) is 11.3. The fraction of sp³-hybridized carbons (Fsp3) is 0.318. The minimum absolute atomic E-state index is 0.260. The zero-order chi connectivity index (χ0) is 23.8. The summed E-state index contributed by atoms with van der Waals surface area (Å²) < 4.78 is 1.78. The Kier molecular flexibility index (Phi) is 8.10. The van der Waals surface area contributed by atoms with Crippen LogP contribution in [0.4, 0.5) is 11.4 Å². The molecule has 3 rings (SSSR count). The molecule has 0 spiro atoms. The topological polar surface area (TPSA) is 130 Å². The summed E-state index contributed by atoms with van der Waals surface area (Å²) in [6.07, 6.45) is 7.63. The van der Waals surface area contributed by atoms with Crippen LogP contribution in [0.15, 0.2) is 41.8 Å². The summed E-state index contributed by atoms with van der Waals surface area (Å²) >= 11 is 1.28. The molecule has 2 heterocycles. The van der Waals surface area contributed by atoms with E-state index in [-0.39, 0.29) is 17.1 Å². The van der Waals surface area contributed by atoms with Gasteiger partial charge in [0.15, 0.2) is 11.0 Å². The first-order valence-electron chi connectivity index (χ1n) is 10.3. The molecule has 33 heavy (non-hydrogen) atoms. The Balaban J connectivity index is 1.75. The molecule has 0 fully saturated rings. The average molecular weight is 467 g/mol. The first kappa shape index (κ1) is 23.9. The highest BCUT2D eigenvalue weighted by molar-refractivity contribution is 7.98. The largest absolute Gasteiger partial charge is 0.305 e. The van der Waals surface area contributed by atoms with Gasteiger partial charge in [-0.2, -0.15) is 0 Å². The lowest BCUT2D eigenvalue weighted by Gasteiger charge is -2.05. The zero-order valence-corrected chi connectivity index (χ0v) is 19.0. The van der Waals surface area contributed by atoms with E-state index in [2.05, 4.69) is 33.9 Å². The SMILES string of the molecule is CCCCCC#Cc1cncc(-c2nnc(SCc3cc([N+](=O)[O-])cc([N+](=O)[O-])c3)n2C)c1. The molecular formula is C22H22N6O4S. The van der Waals surface area contributed by atoms with Gasteiger partial charge in [-0.15, -0.1) is 10.2 Å². The molecule has 0 bridgehead atoms. The molecular weight excluding hydrogens is 444 g/mol. The second kappa shape index (κ2) is 11.2. The monoisotopic (exact) mass is 466 g/mol. The summed E-state index contributed by atoms with van der Waals surface area (Å²) in [5.41, 5.74) is 1.37. The average Bonchev–Trinajstić information content (AvgIpc) is 3.17. The Bertz CT molecular complexity index is 1200. The molecule has 0 atom stereocenters. The molecule has 0 saturated carbocycles. The summed E-state index contributed by atoms with van der Waals surface area (Å²) in [5.74, 6) is 7.16. The van der Waals surface area contributed by atoms with Gasteiger partial charge in [0.25, 0.3) is 11.4 Å². The number of rotatable bonds is 9. The van der Waals surface area contributed by atoms with Crippen LogP contribution < -0.4 is 0 Å². The van der Waals surface area contributed by atoms with Crippen molar-refractivity contribution in [2.75, 3.05) is 0 Å². The van der Waals surface area contributed by atoms with Crippen molar-refractivity contribution in [3.63, 3.8) is 0 Å². The number of aromatic nitrogens is 4. The molecule has 170 valence electrons. The van der Waals surface area contributed by atoms with Crippen LogP contribution in [0.5, 0.6) is 0 Å². The van der Waals surface area contributed by atoms with Crippen LogP contribution in [-0.4, -0.2) is 29.6 Å². The fourth-order valence-electron chi connectivity index (χ4n) is 3.05. The van der Waals surface area contributed by atoms with Crippen LogP contribution >= 0.6 is 11.8 Å². The Labute approximate surface area is 194 Å². The molecule has 0 aliphatic rings. The first-order chi connectivity index (χ1) is 15.9. The van der Waals surface area contributed by atoms with Crippen LogP contribution in [0.25, 0.3) is 11.4 Å². The van der Waals surface area contributed by atoms with Gasteiger partial charge in [-0.3, -0.25) is 25.2 Å². The zero-order valence-electron chi connectivity index (χ0n) is 18.2. The van der Waals surface area contributed by atoms with E-state index in [0.717, 1.165) is 42.9 Å². The summed E-state index contributed by atoms with van der Waals surface area (Å²) in [6.45, 7) is 2.15. The van der Waals surface area contributed by atoms with E-state index in [9.17, 15) is 20.2 Å². The highest BCUT2D eigenvalue weighted by atomic mass is 32.2. The number of pyridine rings is 1. The second-order valence-corrected chi connectivity index (χ2v) is 8.19. The number of non-ortho nitro benzene ring substituents is 2. The number of thioether (sulfide) groups is 1. The predicted molar refractivity (Wildman–Crippen MR) is 125 cm³/mol. The lowest BCUT2D eigenvalue weighted by Crippen LogP contribution is -1.97. The van der Waals surface area contributed by atoms with Crippen molar-refractivity contribution in [3.05, 3.63) is 68.0 Å². The Morgan fingerprint density at radius 1 is 1.03 bits per heavy atom. The van der Waals surface area contributed by atoms with E-state index in [1.807, 2.05) is 6.07 Å². The van der Waals surface area contributed by atoms with Gasteiger partial charge in [-0.05, 0) is 18.1 Å². The number of benzene rings is 1. The van der Waals surface area contributed by atoms with E-state index in [4.69, 9.17) is 0 Å². The summed E-state index contributed by atoms with van der Waals surface area (Å²) in [6, 6.07) is 5.50. The Hall–Kier alpha value is -3.78. The van der Waals surface area contributed by atoms with Crippen molar-refractivity contribution in [1.82, 2.24) is 19.7 Å². The number of hydrogen-bond acceptors (Lipinski definition) is 8. The molecule has 0 aliphatic heterocycles. The lowest BCUT2D eigenvalue weighted by molar-refractivity contribution is -0.394. The number of nitro groups is 2. The van der Waals surface area contributed by atoms with Crippen LogP contribution in [0.2, 0.25) is 0 Å². The molecule has 0 aliphatic carbocycles. The van der Waals surface area contributed by atoms with E-state index >= 15 is 0 Å². The second-order valence-electron chi connectivity index (χ2n) is 7.25. The van der Waals surface area contributed by atoms with Gasteiger partial charge in [-0.1, -0.05) is 43.4 Å². The highest BCUT2D eigenvalue weighted by Gasteiger charge is 2.18. The Morgan fingerprint density at radius 3 is 2.42 bits per heavy atom. The van der Waals surface area contributed by atoms with E-state index in [0.29, 0.717) is 16.5 Å². The number of unbranched alkanes of at least 4 members (excludes halogenated alkanes) is 3. The molecule has 3 aromatic rings. The highest BCUT2D eigenvalue weighted by Crippen LogP contribution is 2.29. The van der Waals surface area contributed by atoms with Gasteiger partial charge in [0, 0.05) is 54.9 Å². The molecule has 1 aromatic carbocycles. The maximum Gasteiger partial charge on any atom is 0.276 e. The van der Waals surface area contributed by atoms with Gasteiger partial charge in [-0.25, -0.2) is 0 Å². The molecule has 0 amide bonds. The smallest absolute Gasteiger partial charge is 0.276 e. The van der Waals surface area contributed by atoms with Crippen molar-refractivity contribution < 1.29 is 9.85 Å². The molecule has 0 saturated heterocycles. The molecule has 0 N–H and O–H groups in total. The van der Waals surface area contributed by atoms with Crippen molar-refractivity contribution in [3.8, 4) is 23.2 Å². The van der Waals surface area contributed by atoms with E-state index < -0.39 is 9.85 Å². The lowest BCUT2D eigenvalue weighted by atomic mass is 10.1. The minimum Gasteiger partial charge on any atom is -0.305 e. The van der Waals surface area contributed by atoms with E-state index in [1.165, 1.54) is 23.9 Å². The molecule has 10 nitrogen and oxygen atoms in total. The third-order valence-electron chi connectivity index (χ3n) is 4.72. The summed E-state index contributed by atoms with van der Waals surface area (Å²) in [5, 5.41) is 31.2. The van der Waals surface area contributed by atoms with Gasteiger partial charge >= 0.3 is 0 Å². The third kappa shape index (κ3) is 6.36. The van der Waals surface area contributed by atoms with Crippen LogP contribution in [0.3, 0.4) is 0 Å². The van der Waals surface area contributed by atoms with Crippen LogP contribution in [0, 0.1) is 32.1 Å². The van der Waals surface area contributed by atoms with Crippen molar-refractivity contribution >= 4 is 23.1 Å². The van der Waals surface area contributed by atoms with Gasteiger partial charge in [0.2, 0.25) is 0 Å². The normalized spacial score (nSPS) is 10.5. The number of nitro benzene ring substituents is 2. The van der Waals surface area contributed by atoms with Gasteiger partial charge in [0.05, 0.1) is 15.9 Å². The summed E-state index contributed by atoms with van der Waals surface area (Å²) in [7, 11) is 1.80. The fourth-order valence-corrected chi connectivity index (χ4v) is 3.89. The molecule has 0 unspecified atom stereocenters. The van der Waals surface area contributed by atoms with Crippen LogP contribution in [-0.2, 0) is 12.8 Å². The molecule has 2 aromatic heterocycles. The Morgan fingerprint density at radius 2 is 1.76 bits per heavy atom. The standard InChI is InChI=1S/C22H22N6O4S/c1-3-4-5-6-7-8-16-9-18(14-23-13-16)21-24-25-22(26(21)2)33-15-17-10-19(27(29)30)12-20(11-17)28(31)32/h9-14H,3-6,15H2,1-2H3. The van der Waals surface area contributed by atoms with Crippen molar-refractivity contribution in [1.29, 1.82) is 0 Å².